The van der Waals surface area contributed by atoms with E-state index in [1.54, 1.807) is 25.1 Å². The van der Waals surface area contributed by atoms with Gasteiger partial charge in [-0.25, -0.2) is 9.18 Å². The molecule has 0 atom stereocenters. The van der Waals surface area contributed by atoms with E-state index < -0.39 is 11.8 Å². The summed E-state index contributed by atoms with van der Waals surface area (Å²) >= 11 is 0. The number of aromatic carboxylic acids is 1. The first-order valence-electron chi connectivity index (χ1n) is 7.32. The SMILES string of the molecule is Cc1cc(-c2nc(-c3cccc(C(=O)O)c3)no2)c(F)c(C)c1C. The highest BCUT2D eigenvalue weighted by Crippen LogP contribution is 2.29. The quantitative estimate of drug-likeness (QED) is 0.782. The van der Waals surface area contributed by atoms with Gasteiger partial charge in [-0.1, -0.05) is 17.3 Å². The lowest BCUT2D eigenvalue weighted by Gasteiger charge is -2.08. The Morgan fingerprint density at radius 3 is 2.62 bits per heavy atom. The van der Waals surface area contributed by atoms with Crippen molar-refractivity contribution in [1.29, 1.82) is 0 Å². The molecule has 0 saturated heterocycles. The van der Waals surface area contributed by atoms with Crippen molar-refractivity contribution in [3.8, 4) is 22.8 Å². The molecule has 0 saturated carbocycles. The zero-order chi connectivity index (χ0) is 17.4. The average molecular weight is 326 g/mol. The van der Waals surface area contributed by atoms with Gasteiger partial charge in [0, 0.05) is 5.56 Å². The van der Waals surface area contributed by atoms with Crippen LogP contribution in [-0.2, 0) is 0 Å². The highest BCUT2D eigenvalue weighted by Gasteiger charge is 2.18. The van der Waals surface area contributed by atoms with Gasteiger partial charge in [0.05, 0.1) is 11.1 Å². The van der Waals surface area contributed by atoms with Crippen LogP contribution < -0.4 is 0 Å². The molecule has 0 aliphatic carbocycles. The first kappa shape index (κ1) is 15.9. The van der Waals surface area contributed by atoms with Gasteiger partial charge in [0.2, 0.25) is 5.82 Å². The molecule has 1 N–H and O–H groups in total. The lowest BCUT2D eigenvalue weighted by atomic mass is 9.99. The summed E-state index contributed by atoms with van der Waals surface area (Å²) in [6.07, 6.45) is 0. The van der Waals surface area contributed by atoms with E-state index in [1.165, 1.54) is 12.1 Å². The first-order chi connectivity index (χ1) is 11.4. The Hall–Kier alpha value is -3.02. The number of carboxylic acids is 1. The summed E-state index contributed by atoms with van der Waals surface area (Å²) in [5.41, 5.74) is 3.20. The lowest BCUT2D eigenvalue weighted by Crippen LogP contribution is -1.96. The van der Waals surface area contributed by atoms with E-state index in [0.717, 1.165) is 11.1 Å². The molecule has 3 rings (SSSR count). The summed E-state index contributed by atoms with van der Waals surface area (Å²) < 4.78 is 19.7. The number of halogens is 1. The summed E-state index contributed by atoms with van der Waals surface area (Å²) in [7, 11) is 0. The molecule has 2 aromatic carbocycles. The summed E-state index contributed by atoms with van der Waals surface area (Å²) in [5, 5.41) is 12.9. The minimum atomic E-state index is -1.05. The van der Waals surface area contributed by atoms with E-state index in [4.69, 9.17) is 9.63 Å². The fraction of sp³-hybridized carbons (Fsp3) is 0.167. The van der Waals surface area contributed by atoms with E-state index in [0.29, 0.717) is 11.1 Å². The second-order valence-corrected chi connectivity index (χ2v) is 5.61. The number of benzene rings is 2. The number of nitrogens with zero attached hydrogens (tertiary/aromatic N) is 2. The number of aryl methyl sites for hydroxylation is 1. The van der Waals surface area contributed by atoms with Crippen molar-refractivity contribution >= 4 is 5.97 Å². The molecular formula is C18H15FN2O3. The predicted molar refractivity (Wildman–Crippen MR) is 86.3 cm³/mol. The number of carboxylic acid groups (broad SMARTS) is 1. The molecule has 6 heteroatoms. The van der Waals surface area contributed by atoms with Crippen molar-refractivity contribution in [2.45, 2.75) is 20.8 Å². The largest absolute Gasteiger partial charge is 0.478 e. The van der Waals surface area contributed by atoms with Crippen molar-refractivity contribution in [2.24, 2.45) is 0 Å². The number of hydrogen-bond acceptors (Lipinski definition) is 4. The minimum Gasteiger partial charge on any atom is -0.478 e. The third-order valence-corrected chi connectivity index (χ3v) is 4.10. The fourth-order valence-corrected chi connectivity index (χ4v) is 2.45. The summed E-state index contributed by atoms with van der Waals surface area (Å²) in [6.45, 7) is 5.45. The number of hydrogen-bond donors (Lipinski definition) is 1. The summed E-state index contributed by atoms with van der Waals surface area (Å²) in [5.74, 6) is -1.17. The van der Waals surface area contributed by atoms with Crippen LogP contribution >= 0.6 is 0 Å². The molecule has 0 aliphatic heterocycles. The van der Waals surface area contributed by atoms with Crippen LogP contribution in [0, 0.1) is 26.6 Å². The van der Waals surface area contributed by atoms with E-state index in [2.05, 4.69) is 10.1 Å². The molecule has 5 nitrogen and oxygen atoms in total. The summed E-state index contributed by atoms with van der Waals surface area (Å²) in [6, 6.07) is 7.85. The number of rotatable bonds is 3. The Bertz CT molecular complexity index is 947. The van der Waals surface area contributed by atoms with E-state index in [1.807, 2.05) is 13.8 Å². The van der Waals surface area contributed by atoms with Crippen molar-refractivity contribution in [2.75, 3.05) is 0 Å². The Labute approximate surface area is 137 Å². The van der Waals surface area contributed by atoms with Gasteiger partial charge in [-0.3, -0.25) is 0 Å². The third-order valence-electron chi connectivity index (χ3n) is 4.10. The van der Waals surface area contributed by atoms with Crippen LogP contribution in [0.15, 0.2) is 34.9 Å². The topological polar surface area (TPSA) is 76.2 Å². The van der Waals surface area contributed by atoms with Crippen molar-refractivity contribution < 1.29 is 18.8 Å². The number of carbonyl (C=O) groups is 1. The predicted octanol–water partition coefficient (Wildman–Crippen LogP) is 4.17. The van der Waals surface area contributed by atoms with E-state index >= 15 is 0 Å². The average Bonchev–Trinajstić information content (AvgIpc) is 3.06. The van der Waals surface area contributed by atoms with Gasteiger partial charge in [-0.05, 0) is 55.7 Å². The maximum atomic E-state index is 14.5. The smallest absolute Gasteiger partial charge is 0.335 e. The van der Waals surface area contributed by atoms with Gasteiger partial charge in [0.15, 0.2) is 0 Å². The second-order valence-electron chi connectivity index (χ2n) is 5.61. The monoisotopic (exact) mass is 326 g/mol. The molecule has 0 unspecified atom stereocenters. The Balaban J connectivity index is 2.06. The number of aromatic nitrogens is 2. The maximum Gasteiger partial charge on any atom is 0.335 e. The highest BCUT2D eigenvalue weighted by atomic mass is 19.1. The van der Waals surface area contributed by atoms with E-state index in [-0.39, 0.29) is 22.8 Å². The van der Waals surface area contributed by atoms with Crippen LogP contribution in [0.4, 0.5) is 4.39 Å². The van der Waals surface area contributed by atoms with Crippen LogP contribution in [0.2, 0.25) is 0 Å². The molecule has 0 bridgehead atoms. The molecule has 1 aromatic heterocycles. The van der Waals surface area contributed by atoms with Crippen LogP contribution in [0.1, 0.15) is 27.0 Å². The fourth-order valence-electron chi connectivity index (χ4n) is 2.45. The Kier molecular flexibility index (Phi) is 3.89. The molecular weight excluding hydrogens is 311 g/mol. The van der Waals surface area contributed by atoms with Crippen LogP contribution in [0.3, 0.4) is 0 Å². The van der Waals surface area contributed by atoms with Gasteiger partial charge >= 0.3 is 5.97 Å². The normalized spacial score (nSPS) is 10.8. The van der Waals surface area contributed by atoms with Crippen molar-refractivity contribution in [3.63, 3.8) is 0 Å². The molecule has 3 aromatic rings. The molecule has 0 amide bonds. The third kappa shape index (κ3) is 2.67. The van der Waals surface area contributed by atoms with Gasteiger partial charge in [0.1, 0.15) is 5.82 Å². The minimum absolute atomic E-state index is 0.0643. The summed E-state index contributed by atoms with van der Waals surface area (Å²) in [4.78, 5) is 15.3. The zero-order valence-corrected chi connectivity index (χ0v) is 13.4. The molecule has 0 radical (unpaired) electrons. The van der Waals surface area contributed by atoms with Crippen LogP contribution in [0.5, 0.6) is 0 Å². The van der Waals surface area contributed by atoms with Gasteiger partial charge in [0.25, 0.3) is 5.89 Å². The zero-order valence-electron chi connectivity index (χ0n) is 13.4. The standard InChI is InChI=1S/C18H15FN2O3/c1-9-7-14(15(19)11(3)10(9)2)17-20-16(21-24-17)12-5-4-6-13(8-12)18(22)23/h4-8H,1-3H3,(H,22,23). The molecule has 0 spiro atoms. The molecule has 1 heterocycles. The lowest BCUT2D eigenvalue weighted by molar-refractivity contribution is 0.0697. The highest BCUT2D eigenvalue weighted by molar-refractivity contribution is 5.89. The molecule has 0 aliphatic rings. The Morgan fingerprint density at radius 1 is 1.17 bits per heavy atom. The van der Waals surface area contributed by atoms with Gasteiger partial charge in [-0.15, -0.1) is 0 Å². The first-order valence-corrected chi connectivity index (χ1v) is 7.32. The van der Waals surface area contributed by atoms with Gasteiger partial charge in [-0.2, -0.15) is 4.98 Å². The Morgan fingerprint density at radius 2 is 1.92 bits per heavy atom. The van der Waals surface area contributed by atoms with Crippen molar-refractivity contribution in [3.05, 3.63) is 58.4 Å². The van der Waals surface area contributed by atoms with Gasteiger partial charge < -0.3 is 9.63 Å². The molecule has 24 heavy (non-hydrogen) atoms. The molecule has 122 valence electrons. The second kappa shape index (κ2) is 5.88. The van der Waals surface area contributed by atoms with E-state index in [9.17, 15) is 9.18 Å². The van der Waals surface area contributed by atoms with Crippen molar-refractivity contribution in [1.82, 2.24) is 10.1 Å². The van der Waals surface area contributed by atoms with Crippen LogP contribution in [-0.4, -0.2) is 21.2 Å². The van der Waals surface area contributed by atoms with Crippen LogP contribution in [0.25, 0.3) is 22.8 Å². The maximum absolute atomic E-state index is 14.5. The molecule has 0 fully saturated rings.